The minimum atomic E-state index is 0.435. The fourth-order valence-electron chi connectivity index (χ4n) is 1.49. The zero-order valence-electron chi connectivity index (χ0n) is 8.19. The molecule has 0 saturated heterocycles. The molecule has 0 aromatic rings. The van der Waals surface area contributed by atoms with Crippen LogP contribution >= 0.6 is 0 Å². The first kappa shape index (κ1) is 9.75. The lowest BCUT2D eigenvalue weighted by Gasteiger charge is -2.23. The van der Waals surface area contributed by atoms with Gasteiger partial charge in [-0.25, -0.2) is 0 Å². The van der Waals surface area contributed by atoms with Gasteiger partial charge in [0.25, 0.3) is 0 Å². The van der Waals surface area contributed by atoms with Crippen molar-refractivity contribution in [3.63, 3.8) is 0 Å². The van der Waals surface area contributed by atoms with Gasteiger partial charge in [-0.1, -0.05) is 26.0 Å². The molecule has 12 heavy (non-hydrogen) atoms. The molecule has 0 amide bonds. The molecule has 0 bridgehead atoms. The van der Waals surface area contributed by atoms with Crippen molar-refractivity contribution < 1.29 is 0 Å². The standard InChI is InChI=1S/C10H20N2/c1-4-8(2)7-9(12-11)10(3)5-6-10/h9,12H,2,4-7,11H2,1,3H3. The van der Waals surface area contributed by atoms with Crippen LogP contribution in [0.25, 0.3) is 0 Å². The van der Waals surface area contributed by atoms with Gasteiger partial charge in [0.15, 0.2) is 0 Å². The summed E-state index contributed by atoms with van der Waals surface area (Å²) in [6, 6.07) is 0.435. The zero-order chi connectivity index (χ0) is 9.19. The third-order valence-corrected chi connectivity index (χ3v) is 3.07. The van der Waals surface area contributed by atoms with Crippen LogP contribution in [0.4, 0.5) is 0 Å². The SMILES string of the molecule is C=C(CC)CC(NN)C1(C)CC1. The molecule has 1 rings (SSSR count). The number of rotatable bonds is 5. The first-order valence-corrected chi connectivity index (χ1v) is 4.75. The van der Waals surface area contributed by atoms with Gasteiger partial charge in [-0.05, 0) is 31.1 Å². The van der Waals surface area contributed by atoms with Gasteiger partial charge in [-0.2, -0.15) is 0 Å². The van der Waals surface area contributed by atoms with Crippen molar-refractivity contribution in [2.24, 2.45) is 11.3 Å². The summed E-state index contributed by atoms with van der Waals surface area (Å²) in [6.45, 7) is 8.44. The lowest BCUT2D eigenvalue weighted by atomic mass is 9.92. The summed E-state index contributed by atoms with van der Waals surface area (Å²) in [6.07, 6.45) is 4.70. The molecule has 1 saturated carbocycles. The van der Waals surface area contributed by atoms with E-state index < -0.39 is 0 Å². The Morgan fingerprint density at radius 1 is 1.67 bits per heavy atom. The first-order valence-electron chi connectivity index (χ1n) is 4.75. The Bertz CT molecular complexity index is 171. The van der Waals surface area contributed by atoms with Crippen LogP contribution in [0.5, 0.6) is 0 Å². The number of hydrogen-bond acceptors (Lipinski definition) is 2. The minimum Gasteiger partial charge on any atom is -0.271 e. The van der Waals surface area contributed by atoms with Crippen molar-refractivity contribution in [2.45, 2.75) is 45.6 Å². The summed E-state index contributed by atoms with van der Waals surface area (Å²) in [5, 5.41) is 0. The lowest BCUT2D eigenvalue weighted by Crippen LogP contribution is -2.41. The molecule has 0 aromatic heterocycles. The van der Waals surface area contributed by atoms with Gasteiger partial charge in [0, 0.05) is 6.04 Å². The molecule has 3 N–H and O–H groups in total. The summed E-state index contributed by atoms with van der Waals surface area (Å²) >= 11 is 0. The predicted octanol–water partition coefficient (Wildman–Crippen LogP) is 1.97. The molecule has 2 heteroatoms. The summed E-state index contributed by atoms with van der Waals surface area (Å²) in [5.74, 6) is 5.51. The Labute approximate surface area is 75.2 Å². The Morgan fingerprint density at radius 2 is 2.25 bits per heavy atom. The quantitative estimate of drug-likeness (QED) is 0.374. The highest BCUT2D eigenvalue weighted by Crippen LogP contribution is 2.49. The fourth-order valence-corrected chi connectivity index (χ4v) is 1.49. The van der Waals surface area contributed by atoms with E-state index in [0.717, 1.165) is 12.8 Å². The van der Waals surface area contributed by atoms with Crippen molar-refractivity contribution >= 4 is 0 Å². The van der Waals surface area contributed by atoms with E-state index in [2.05, 4.69) is 25.9 Å². The van der Waals surface area contributed by atoms with Gasteiger partial charge in [0.05, 0.1) is 0 Å². The Hall–Kier alpha value is -0.340. The van der Waals surface area contributed by atoms with Gasteiger partial charge in [-0.3, -0.25) is 11.3 Å². The monoisotopic (exact) mass is 168 g/mol. The van der Waals surface area contributed by atoms with Crippen molar-refractivity contribution in [3.8, 4) is 0 Å². The van der Waals surface area contributed by atoms with Crippen LogP contribution in [0.15, 0.2) is 12.2 Å². The van der Waals surface area contributed by atoms with Crippen molar-refractivity contribution in [3.05, 3.63) is 12.2 Å². The summed E-state index contributed by atoms with van der Waals surface area (Å²) in [5.41, 5.74) is 4.66. The lowest BCUT2D eigenvalue weighted by molar-refractivity contribution is 0.357. The maximum atomic E-state index is 5.51. The van der Waals surface area contributed by atoms with Crippen molar-refractivity contribution in [2.75, 3.05) is 0 Å². The van der Waals surface area contributed by atoms with E-state index in [-0.39, 0.29) is 0 Å². The van der Waals surface area contributed by atoms with E-state index >= 15 is 0 Å². The molecule has 0 radical (unpaired) electrons. The molecule has 1 aliphatic carbocycles. The van der Waals surface area contributed by atoms with Crippen molar-refractivity contribution in [1.29, 1.82) is 0 Å². The second kappa shape index (κ2) is 3.58. The van der Waals surface area contributed by atoms with Crippen LogP contribution in [0.2, 0.25) is 0 Å². The molecular formula is C10H20N2. The van der Waals surface area contributed by atoms with Crippen LogP contribution < -0.4 is 11.3 Å². The summed E-state index contributed by atoms with van der Waals surface area (Å²) < 4.78 is 0. The van der Waals surface area contributed by atoms with Gasteiger partial charge in [-0.15, -0.1) is 0 Å². The second-order valence-electron chi connectivity index (χ2n) is 4.18. The molecule has 0 aromatic carbocycles. The van der Waals surface area contributed by atoms with E-state index in [0.29, 0.717) is 11.5 Å². The number of hydrogen-bond donors (Lipinski definition) is 2. The minimum absolute atomic E-state index is 0.435. The van der Waals surface area contributed by atoms with E-state index in [1.807, 2.05) is 0 Å². The maximum absolute atomic E-state index is 5.51. The number of nitrogens with one attached hydrogen (secondary N) is 1. The molecule has 0 spiro atoms. The summed E-state index contributed by atoms with van der Waals surface area (Å²) in [4.78, 5) is 0. The van der Waals surface area contributed by atoms with E-state index in [1.54, 1.807) is 0 Å². The second-order valence-corrected chi connectivity index (χ2v) is 4.18. The number of hydrazine groups is 1. The molecule has 1 unspecified atom stereocenters. The summed E-state index contributed by atoms with van der Waals surface area (Å²) in [7, 11) is 0. The Morgan fingerprint density at radius 3 is 2.58 bits per heavy atom. The Kier molecular flexibility index (Phi) is 2.91. The molecule has 0 aliphatic heterocycles. The molecule has 0 heterocycles. The average molecular weight is 168 g/mol. The topological polar surface area (TPSA) is 38.0 Å². The third kappa shape index (κ3) is 2.08. The molecule has 1 atom stereocenters. The van der Waals surface area contributed by atoms with E-state index in [1.165, 1.54) is 18.4 Å². The highest BCUT2D eigenvalue weighted by Gasteiger charge is 2.44. The predicted molar refractivity (Wildman–Crippen MR) is 52.5 cm³/mol. The smallest absolute Gasteiger partial charge is 0.0301 e. The largest absolute Gasteiger partial charge is 0.271 e. The van der Waals surface area contributed by atoms with Gasteiger partial charge in [0.2, 0.25) is 0 Å². The average Bonchev–Trinajstić information content (AvgIpc) is 2.79. The van der Waals surface area contributed by atoms with Crippen LogP contribution in [0.1, 0.15) is 39.5 Å². The van der Waals surface area contributed by atoms with Crippen LogP contribution in [-0.2, 0) is 0 Å². The number of nitrogens with two attached hydrogens (primary N) is 1. The van der Waals surface area contributed by atoms with Crippen LogP contribution in [0, 0.1) is 5.41 Å². The molecule has 2 nitrogen and oxygen atoms in total. The molecule has 70 valence electrons. The van der Waals surface area contributed by atoms with Gasteiger partial charge >= 0.3 is 0 Å². The van der Waals surface area contributed by atoms with Crippen LogP contribution in [0.3, 0.4) is 0 Å². The fraction of sp³-hybridized carbons (Fsp3) is 0.800. The van der Waals surface area contributed by atoms with E-state index in [4.69, 9.17) is 5.84 Å². The van der Waals surface area contributed by atoms with Gasteiger partial charge < -0.3 is 0 Å². The first-order chi connectivity index (χ1) is 5.62. The van der Waals surface area contributed by atoms with Crippen molar-refractivity contribution in [1.82, 2.24) is 5.43 Å². The maximum Gasteiger partial charge on any atom is 0.0301 e. The molecule has 1 aliphatic rings. The van der Waals surface area contributed by atoms with Crippen LogP contribution in [-0.4, -0.2) is 6.04 Å². The normalized spacial score (nSPS) is 21.9. The van der Waals surface area contributed by atoms with Gasteiger partial charge in [0.1, 0.15) is 0 Å². The Balaban J connectivity index is 2.41. The third-order valence-electron chi connectivity index (χ3n) is 3.07. The molecular weight excluding hydrogens is 148 g/mol. The zero-order valence-corrected chi connectivity index (χ0v) is 8.19. The molecule has 1 fully saturated rings. The highest BCUT2D eigenvalue weighted by molar-refractivity contribution is 5.05. The highest BCUT2D eigenvalue weighted by atomic mass is 15.2. The van der Waals surface area contributed by atoms with E-state index in [9.17, 15) is 0 Å².